The van der Waals surface area contributed by atoms with E-state index in [1.165, 1.54) is 11.2 Å². The number of anilines is 2. The molecule has 1 unspecified atom stereocenters. The van der Waals surface area contributed by atoms with Gasteiger partial charge in [0.25, 0.3) is 11.8 Å². The van der Waals surface area contributed by atoms with Crippen molar-refractivity contribution in [3.8, 4) is 5.75 Å². The largest absolute Gasteiger partial charge is 0.493 e. The SMILES string of the molecule is CC(COc1cc(C(=O)N[C@@H](Cc2ccccc2)[C@@H](O)C(=O)Nc2ncc[nH]2)cc(N(C)N)c1)c1ccccc1. The number of imidazole rings is 1. The second-order valence-electron chi connectivity index (χ2n) is 9.59. The molecule has 4 aromatic rings. The predicted molar refractivity (Wildman–Crippen MR) is 154 cm³/mol. The summed E-state index contributed by atoms with van der Waals surface area (Å²) in [4.78, 5) is 33.0. The summed E-state index contributed by atoms with van der Waals surface area (Å²) < 4.78 is 6.06. The van der Waals surface area contributed by atoms with Gasteiger partial charge in [-0.3, -0.25) is 14.9 Å². The van der Waals surface area contributed by atoms with Crippen LogP contribution in [0.15, 0.2) is 91.3 Å². The number of carbonyl (C=O) groups is 2. The number of hydrazine groups is 1. The van der Waals surface area contributed by atoms with Gasteiger partial charge in [0, 0.05) is 37.0 Å². The lowest BCUT2D eigenvalue weighted by Gasteiger charge is -2.24. The number of aliphatic hydroxyl groups is 1. The summed E-state index contributed by atoms with van der Waals surface area (Å²) >= 11 is 0. The maximum Gasteiger partial charge on any atom is 0.257 e. The Morgan fingerprint density at radius 2 is 1.77 bits per heavy atom. The predicted octanol–water partition coefficient (Wildman–Crippen LogP) is 3.24. The zero-order valence-electron chi connectivity index (χ0n) is 22.5. The highest BCUT2D eigenvalue weighted by Gasteiger charge is 2.29. The molecule has 0 radical (unpaired) electrons. The molecule has 1 heterocycles. The number of nitrogens with zero attached hydrogens (tertiary/aromatic N) is 2. The highest BCUT2D eigenvalue weighted by atomic mass is 16.5. The Labute approximate surface area is 233 Å². The molecule has 3 atom stereocenters. The number of carbonyl (C=O) groups excluding carboxylic acids is 2. The van der Waals surface area contributed by atoms with Crippen LogP contribution in [0.4, 0.5) is 11.6 Å². The van der Waals surface area contributed by atoms with Crippen molar-refractivity contribution < 1.29 is 19.4 Å². The summed E-state index contributed by atoms with van der Waals surface area (Å²) in [6, 6.07) is 23.3. The zero-order chi connectivity index (χ0) is 28.5. The molecule has 0 spiro atoms. The third kappa shape index (κ3) is 7.68. The number of aliphatic hydroxyl groups excluding tert-OH is 1. The number of hydrogen-bond acceptors (Lipinski definition) is 7. The second kappa shape index (κ2) is 13.4. The first-order valence-electron chi connectivity index (χ1n) is 12.9. The van der Waals surface area contributed by atoms with Gasteiger partial charge in [0.15, 0.2) is 6.10 Å². The quantitative estimate of drug-likeness (QED) is 0.136. The molecule has 0 saturated carbocycles. The smallest absolute Gasteiger partial charge is 0.257 e. The Kier molecular flexibility index (Phi) is 9.50. The van der Waals surface area contributed by atoms with Crippen molar-refractivity contribution in [2.45, 2.75) is 31.4 Å². The van der Waals surface area contributed by atoms with Crippen LogP contribution in [0.1, 0.15) is 34.3 Å². The highest BCUT2D eigenvalue weighted by Crippen LogP contribution is 2.25. The summed E-state index contributed by atoms with van der Waals surface area (Å²) in [6.07, 6.45) is 1.69. The van der Waals surface area contributed by atoms with Crippen molar-refractivity contribution in [1.82, 2.24) is 15.3 Å². The molecule has 208 valence electrons. The van der Waals surface area contributed by atoms with Gasteiger partial charge in [0.05, 0.1) is 18.3 Å². The fraction of sp³-hybridized carbons (Fsp3) is 0.233. The minimum Gasteiger partial charge on any atom is -0.493 e. The van der Waals surface area contributed by atoms with E-state index < -0.39 is 24.0 Å². The fourth-order valence-corrected chi connectivity index (χ4v) is 4.17. The van der Waals surface area contributed by atoms with E-state index in [0.29, 0.717) is 18.0 Å². The van der Waals surface area contributed by atoms with Crippen molar-refractivity contribution in [2.24, 2.45) is 5.84 Å². The van der Waals surface area contributed by atoms with E-state index in [4.69, 9.17) is 10.6 Å². The maximum absolute atomic E-state index is 13.5. The highest BCUT2D eigenvalue weighted by molar-refractivity contribution is 5.97. The Bertz CT molecular complexity index is 1380. The Morgan fingerprint density at radius 3 is 2.42 bits per heavy atom. The minimum atomic E-state index is -1.56. The lowest BCUT2D eigenvalue weighted by molar-refractivity contribution is -0.125. The summed E-state index contributed by atoms with van der Waals surface area (Å²) in [5.41, 5.74) is 2.81. The average Bonchev–Trinajstić information content (AvgIpc) is 3.49. The van der Waals surface area contributed by atoms with Crippen molar-refractivity contribution in [2.75, 3.05) is 24.0 Å². The molecule has 0 saturated heterocycles. The second-order valence-corrected chi connectivity index (χ2v) is 9.59. The third-order valence-corrected chi connectivity index (χ3v) is 6.43. The monoisotopic (exact) mass is 542 g/mol. The van der Waals surface area contributed by atoms with E-state index >= 15 is 0 Å². The summed E-state index contributed by atoms with van der Waals surface area (Å²) in [5, 5.41) is 17.7. The van der Waals surface area contributed by atoms with E-state index in [-0.39, 0.29) is 23.9 Å². The molecule has 10 nitrogen and oxygen atoms in total. The van der Waals surface area contributed by atoms with Crippen LogP contribution in [0.25, 0.3) is 0 Å². The summed E-state index contributed by atoms with van der Waals surface area (Å²) in [7, 11) is 1.66. The van der Waals surface area contributed by atoms with Gasteiger partial charge < -0.3 is 25.2 Å². The standard InChI is InChI=1S/C30H34N6O4/c1-20(22-11-7-4-8-12-22)19-40-25-17-23(16-24(18-25)36(2)31)28(38)34-26(15-21-9-5-3-6-10-21)27(37)29(39)35-30-32-13-14-33-30/h3-14,16-18,20,26-27,37H,15,19,31H2,1-2H3,(H,34,38)(H2,32,33,35,39)/t20?,26-,27+/m0/s1. The van der Waals surface area contributed by atoms with Crippen LogP contribution in [0.5, 0.6) is 5.75 Å². The molecule has 0 aliphatic rings. The molecular formula is C30H34N6O4. The van der Waals surface area contributed by atoms with Gasteiger partial charge >= 0.3 is 0 Å². The first kappa shape index (κ1) is 28.3. The van der Waals surface area contributed by atoms with Gasteiger partial charge in [-0.2, -0.15) is 0 Å². The molecule has 0 aliphatic heterocycles. The van der Waals surface area contributed by atoms with Crippen LogP contribution in [0.2, 0.25) is 0 Å². The molecule has 0 aliphatic carbocycles. The molecule has 0 fully saturated rings. The van der Waals surface area contributed by atoms with Gasteiger partial charge in [-0.1, -0.05) is 67.6 Å². The van der Waals surface area contributed by atoms with Crippen molar-refractivity contribution >= 4 is 23.5 Å². The van der Waals surface area contributed by atoms with Crippen LogP contribution >= 0.6 is 0 Å². The van der Waals surface area contributed by atoms with E-state index in [0.717, 1.165) is 11.1 Å². The van der Waals surface area contributed by atoms with E-state index in [9.17, 15) is 14.7 Å². The first-order chi connectivity index (χ1) is 19.3. The van der Waals surface area contributed by atoms with Gasteiger partial charge in [0.2, 0.25) is 5.95 Å². The van der Waals surface area contributed by atoms with Crippen molar-refractivity contribution in [3.63, 3.8) is 0 Å². The van der Waals surface area contributed by atoms with E-state index in [2.05, 4.69) is 27.5 Å². The maximum atomic E-state index is 13.5. The third-order valence-electron chi connectivity index (χ3n) is 6.43. The normalized spacial score (nSPS) is 13.1. The van der Waals surface area contributed by atoms with Crippen LogP contribution in [0, 0.1) is 0 Å². The number of nitrogens with two attached hydrogens (primary N) is 1. The number of rotatable bonds is 12. The zero-order valence-corrected chi connectivity index (χ0v) is 22.5. The number of nitrogens with one attached hydrogen (secondary N) is 3. The molecule has 40 heavy (non-hydrogen) atoms. The van der Waals surface area contributed by atoms with E-state index in [1.807, 2.05) is 60.7 Å². The molecule has 6 N–H and O–H groups in total. The van der Waals surface area contributed by atoms with Gasteiger partial charge in [-0.25, -0.2) is 10.8 Å². The van der Waals surface area contributed by atoms with Crippen LogP contribution in [-0.4, -0.2) is 52.7 Å². The molecular weight excluding hydrogens is 508 g/mol. The van der Waals surface area contributed by atoms with Crippen LogP contribution in [-0.2, 0) is 11.2 Å². The lowest BCUT2D eigenvalue weighted by atomic mass is 10.00. The number of aromatic amines is 1. The van der Waals surface area contributed by atoms with Gasteiger partial charge in [0.1, 0.15) is 5.75 Å². The molecule has 0 bridgehead atoms. The average molecular weight is 543 g/mol. The van der Waals surface area contributed by atoms with E-state index in [1.54, 1.807) is 31.4 Å². The summed E-state index contributed by atoms with van der Waals surface area (Å²) in [5.74, 6) is 5.59. The number of ether oxygens (including phenoxy) is 1. The number of amides is 2. The Morgan fingerprint density at radius 1 is 1.07 bits per heavy atom. The Balaban J connectivity index is 1.53. The molecule has 10 heteroatoms. The minimum absolute atomic E-state index is 0.121. The Hall–Kier alpha value is -4.67. The first-order valence-corrected chi connectivity index (χ1v) is 12.9. The summed E-state index contributed by atoms with van der Waals surface area (Å²) in [6.45, 7) is 2.45. The lowest BCUT2D eigenvalue weighted by Crippen LogP contribution is -2.50. The van der Waals surface area contributed by atoms with Crippen LogP contribution in [0.3, 0.4) is 0 Å². The molecule has 1 aromatic heterocycles. The van der Waals surface area contributed by atoms with Crippen LogP contribution < -0.4 is 26.2 Å². The number of benzene rings is 3. The number of aromatic nitrogens is 2. The van der Waals surface area contributed by atoms with Crippen molar-refractivity contribution in [3.05, 3.63) is 108 Å². The fourth-order valence-electron chi connectivity index (χ4n) is 4.17. The molecule has 3 aromatic carbocycles. The topological polar surface area (TPSA) is 146 Å². The van der Waals surface area contributed by atoms with Crippen molar-refractivity contribution in [1.29, 1.82) is 0 Å². The van der Waals surface area contributed by atoms with Gasteiger partial charge in [-0.15, -0.1) is 0 Å². The molecule has 2 amide bonds. The molecule has 4 rings (SSSR count). The number of hydrogen-bond donors (Lipinski definition) is 5. The van der Waals surface area contributed by atoms with Gasteiger partial charge in [-0.05, 0) is 29.7 Å². The number of H-pyrrole nitrogens is 1.